The Morgan fingerprint density at radius 2 is 1.95 bits per heavy atom. The van der Waals surface area contributed by atoms with Crippen LogP contribution in [0.2, 0.25) is 5.02 Å². The third kappa shape index (κ3) is 2.14. The Hall–Kier alpha value is -2.33. The Morgan fingerprint density at radius 1 is 1.15 bits per heavy atom. The van der Waals surface area contributed by atoms with Gasteiger partial charge in [-0.15, -0.1) is 0 Å². The highest BCUT2D eigenvalue weighted by Gasteiger charge is 2.17. The van der Waals surface area contributed by atoms with Crippen LogP contribution in [0.4, 0.5) is 5.82 Å². The molecule has 3 rings (SSSR count). The number of nitrogens with zero attached hydrogens (tertiary/aromatic N) is 3. The van der Waals surface area contributed by atoms with Crippen molar-refractivity contribution in [1.29, 1.82) is 0 Å². The van der Waals surface area contributed by atoms with Crippen LogP contribution in [0, 0.1) is 0 Å². The van der Waals surface area contributed by atoms with E-state index >= 15 is 0 Å². The zero-order valence-electron chi connectivity index (χ0n) is 10.9. The summed E-state index contributed by atoms with van der Waals surface area (Å²) in [5, 5.41) is 5.17. The number of hydrogen-bond acceptors (Lipinski definition) is 3. The van der Waals surface area contributed by atoms with Gasteiger partial charge in [0.2, 0.25) is 0 Å². The quantitative estimate of drug-likeness (QED) is 0.785. The van der Waals surface area contributed by atoms with Gasteiger partial charge in [0, 0.05) is 35.6 Å². The van der Waals surface area contributed by atoms with E-state index in [1.165, 1.54) is 0 Å². The molecule has 0 aliphatic heterocycles. The maximum atomic E-state index is 6.15. The highest BCUT2D eigenvalue weighted by Crippen LogP contribution is 2.35. The molecule has 1 aromatic carbocycles. The molecule has 100 valence electrons. The van der Waals surface area contributed by atoms with E-state index in [-0.39, 0.29) is 0 Å². The van der Waals surface area contributed by atoms with Crippen molar-refractivity contribution in [2.45, 2.75) is 0 Å². The lowest BCUT2D eigenvalue weighted by Crippen LogP contribution is -1.98. The second-order valence-electron chi connectivity index (χ2n) is 4.48. The molecule has 20 heavy (non-hydrogen) atoms. The summed E-state index contributed by atoms with van der Waals surface area (Å²) < 4.78 is 1.67. The number of benzene rings is 1. The normalized spacial score (nSPS) is 10.7. The molecule has 0 amide bonds. The van der Waals surface area contributed by atoms with Gasteiger partial charge in [-0.25, -0.2) is 0 Å². The number of aromatic nitrogens is 3. The van der Waals surface area contributed by atoms with E-state index in [0.717, 1.165) is 22.4 Å². The molecule has 3 aromatic rings. The zero-order chi connectivity index (χ0) is 14.1. The number of anilines is 1. The molecule has 0 bridgehead atoms. The number of halogens is 1. The van der Waals surface area contributed by atoms with Crippen molar-refractivity contribution in [1.82, 2.24) is 14.8 Å². The Labute approximate surface area is 121 Å². The molecule has 5 heteroatoms. The standard InChI is InChI=1S/C15H13ClN4/c1-20-15(17)13(11-5-3-7-18-9-11)14(19-20)10-4-2-6-12(16)8-10/h2-9H,17H2,1H3. The number of pyridine rings is 1. The Balaban J connectivity index is 2.25. The fourth-order valence-corrected chi connectivity index (χ4v) is 2.36. The fourth-order valence-electron chi connectivity index (χ4n) is 2.17. The first-order valence-electron chi connectivity index (χ1n) is 6.15. The van der Waals surface area contributed by atoms with Gasteiger partial charge in [0.15, 0.2) is 0 Å². The number of hydrogen-bond donors (Lipinski definition) is 1. The molecule has 0 saturated carbocycles. The maximum absolute atomic E-state index is 6.15. The van der Waals surface area contributed by atoms with Crippen LogP contribution in [0.5, 0.6) is 0 Å². The summed E-state index contributed by atoms with van der Waals surface area (Å²) in [5.41, 5.74) is 9.71. The van der Waals surface area contributed by atoms with Gasteiger partial charge >= 0.3 is 0 Å². The maximum Gasteiger partial charge on any atom is 0.129 e. The van der Waals surface area contributed by atoms with E-state index in [1.54, 1.807) is 17.1 Å². The van der Waals surface area contributed by atoms with Crippen molar-refractivity contribution in [2.75, 3.05) is 5.73 Å². The van der Waals surface area contributed by atoms with E-state index in [2.05, 4.69) is 10.1 Å². The number of nitrogens with two attached hydrogens (primary N) is 1. The summed E-state index contributed by atoms with van der Waals surface area (Å²) in [6.45, 7) is 0. The van der Waals surface area contributed by atoms with Crippen LogP contribution < -0.4 is 5.73 Å². The third-order valence-corrected chi connectivity index (χ3v) is 3.37. The highest BCUT2D eigenvalue weighted by molar-refractivity contribution is 6.30. The van der Waals surface area contributed by atoms with Crippen molar-refractivity contribution in [3.05, 3.63) is 53.8 Å². The van der Waals surface area contributed by atoms with Gasteiger partial charge in [0.05, 0.1) is 5.56 Å². The molecule has 0 unspecified atom stereocenters. The Morgan fingerprint density at radius 3 is 2.65 bits per heavy atom. The first-order chi connectivity index (χ1) is 9.66. The molecule has 0 aliphatic rings. The largest absolute Gasteiger partial charge is 0.383 e. The minimum Gasteiger partial charge on any atom is -0.383 e. The Bertz CT molecular complexity index is 750. The topological polar surface area (TPSA) is 56.7 Å². The smallest absolute Gasteiger partial charge is 0.129 e. The molecular weight excluding hydrogens is 272 g/mol. The van der Waals surface area contributed by atoms with Crippen LogP contribution in [0.25, 0.3) is 22.4 Å². The summed E-state index contributed by atoms with van der Waals surface area (Å²) in [7, 11) is 1.82. The molecule has 2 N–H and O–H groups in total. The summed E-state index contributed by atoms with van der Waals surface area (Å²) in [5.74, 6) is 0.605. The predicted octanol–water partition coefficient (Wildman–Crippen LogP) is 3.38. The lowest BCUT2D eigenvalue weighted by molar-refractivity contribution is 0.782. The van der Waals surface area contributed by atoms with E-state index in [4.69, 9.17) is 17.3 Å². The van der Waals surface area contributed by atoms with Gasteiger partial charge in [-0.05, 0) is 18.2 Å². The first kappa shape index (κ1) is 12.7. The van der Waals surface area contributed by atoms with E-state index in [1.807, 2.05) is 43.4 Å². The molecule has 0 radical (unpaired) electrons. The molecule has 0 saturated heterocycles. The van der Waals surface area contributed by atoms with E-state index in [0.29, 0.717) is 10.8 Å². The minimum absolute atomic E-state index is 0.605. The molecule has 0 aliphatic carbocycles. The SMILES string of the molecule is Cn1nc(-c2cccc(Cl)c2)c(-c2cccnc2)c1N. The van der Waals surface area contributed by atoms with Crippen molar-refractivity contribution < 1.29 is 0 Å². The minimum atomic E-state index is 0.605. The van der Waals surface area contributed by atoms with Crippen molar-refractivity contribution in [3.8, 4) is 22.4 Å². The number of nitrogen functional groups attached to an aromatic ring is 1. The van der Waals surface area contributed by atoms with Gasteiger partial charge < -0.3 is 5.73 Å². The molecule has 2 aromatic heterocycles. The number of rotatable bonds is 2. The first-order valence-corrected chi connectivity index (χ1v) is 6.53. The van der Waals surface area contributed by atoms with E-state index < -0.39 is 0 Å². The van der Waals surface area contributed by atoms with Crippen molar-refractivity contribution in [3.63, 3.8) is 0 Å². The predicted molar refractivity (Wildman–Crippen MR) is 81.3 cm³/mol. The molecule has 0 fully saturated rings. The lowest BCUT2D eigenvalue weighted by atomic mass is 10.0. The van der Waals surface area contributed by atoms with Crippen molar-refractivity contribution >= 4 is 17.4 Å². The van der Waals surface area contributed by atoms with Gasteiger partial charge in [-0.3, -0.25) is 9.67 Å². The second-order valence-corrected chi connectivity index (χ2v) is 4.92. The summed E-state index contributed by atoms with van der Waals surface area (Å²) in [6.07, 6.45) is 3.51. The zero-order valence-corrected chi connectivity index (χ0v) is 11.7. The lowest BCUT2D eigenvalue weighted by Gasteiger charge is -2.04. The second kappa shape index (κ2) is 4.98. The average Bonchev–Trinajstić information content (AvgIpc) is 2.76. The van der Waals surface area contributed by atoms with Crippen LogP contribution in [0.15, 0.2) is 48.8 Å². The molecule has 0 atom stereocenters. The van der Waals surface area contributed by atoms with Crippen LogP contribution in [0.1, 0.15) is 0 Å². The van der Waals surface area contributed by atoms with Gasteiger partial charge in [0.25, 0.3) is 0 Å². The van der Waals surface area contributed by atoms with Gasteiger partial charge in [0.1, 0.15) is 11.5 Å². The average molecular weight is 285 g/mol. The van der Waals surface area contributed by atoms with Gasteiger partial charge in [-0.1, -0.05) is 29.8 Å². The van der Waals surface area contributed by atoms with Crippen LogP contribution in [-0.2, 0) is 7.05 Å². The summed E-state index contributed by atoms with van der Waals surface area (Å²) in [4.78, 5) is 4.15. The van der Waals surface area contributed by atoms with Crippen LogP contribution in [-0.4, -0.2) is 14.8 Å². The summed E-state index contributed by atoms with van der Waals surface area (Å²) in [6, 6.07) is 11.4. The Kier molecular flexibility index (Phi) is 3.16. The molecule has 4 nitrogen and oxygen atoms in total. The third-order valence-electron chi connectivity index (χ3n) is 3.14. The van der Waals surface area contributed by atoms with Crippen LogP contribution in [0.3, 0.4) is 0 Å². The molecule has 0 spiro atoms. The fraction of sp³-hybridized carbons (Fsp3) is 0.0667. The highest BCUT2D eigenvalue weighted by atomic mass is 35.5. The van der Waals surface area contributed by atoms with Crippen molar-refractivity contribution in [2.24, 2.45) is 7.05 Å². The summed E-state index contributed by atoms with van der Waals surface area (Å²) >= 11 is 6.06. The molecule has 2 heterocycles. The molecular formula is C15H13ClN4. The monoisotopic (exact) mass is 284 g/mol. The number of aryl methyl sites for hydroxylation is 1. The van der Waals surface area contributed by atoms with E-state index in [9.17, 15) is 0 Å². The van der Waals surface area contributed by atoms with Gasteiger partial charge in [-0.2, -0.15) is 5.10 Å². The van der Waals surface area contributed by atoms with Crippen LogP contribution >= 0.6 is 11.6 Å².